The van der Waals surface area contributed by atoms with E-state index in [-0.39, 0.29) is 5.91 Å². The Bertz CT molecular complexity index is 575. The predicted octanol–water partition coefficient (Wildman–Crippen LogP) is 3.74. The van der Waals surface area contributed by atoms with Crippen LogP contribution in [-0.2, 0) is 17.6 Å². The van der Waals surface area contributed by atoms with E-state index in [1.54, 1.807) is 0 Å². The monoisotopic (exact) mass is 253 g/mol. The van der Waals surface area contributed by atoms with Crippen molar-refractivity contribution in [3.63, 3.8) is 0 Å². The highest BCUT2D eigenvalue weighted by Gasteiger charge is 2.06. The normalized spacial score (nSPS) is 10.2. The van der Waals surface area contributed by atoms with E-state index in [1.807, 2.05) is 49.4 Å². The second kappa shape index (κ2) is 6.19. The average molecular weight is 253 g/mol. The van der Waals surface area contributed by atoms with Crippen molar-refractivity contribution in [3.05, 3.63) is 65.2 Å². The highest BCUT2D eigenvalue weighted by Crippen LogP contribution is 2.13. The molecule has 0 heterocycles. The standard InChI is InChI=1S/C17H19NO/c1-3-14-8-6-10-16(11-14)18-17(19)12-15-9-5-4-7-13(15)2/h4-11H,3,12H2,1-2H3,(H,18,19). The summed E-state index contributed by atoms with van der Waals surface area (Å²) in [5.41, 5.74) is 4.33. The van der Waals surface area contributed by atoms with E-state index in [2.05, 4.69) is 18.3 Å². The van der Waals surface area contributed by atoms with Crippen LogP contribution in [0.15, 0.2) is 48.5 Å². The van der Waals surface area contributed by atoms with Gasteiger partial charge in [0.25, 0.3) is 0 Å². The lowest BCUT2D eigenvalue weighted by Gasteiger charge is -2.08. The van der Waals surface area contributed by atoms with Crippen LogP contribution in [0.4, 0.5) is 5.69 Å². The van der Waals surface area contributed by atoms with Crippen LogP contribution in [0.25, 0.3) is 0 Å². The number of nitrogens with one attached hydrogen (secondary N) is 1. The maximum atomic E-state index is 12.0. The quantitative estimate of drug-likeness (QED) is 0.883. The maximum absolute atomic E-state index is 12.0. The van der Waals surface area contributed by atoms with Gasteiger partial charge in [-0.05, 0) is 42.2 Å². The van der Waals surface area contributed by atoms with Gasteiger partial charge in [-0.15, -0.1) is 0 Å². The number of benzene rings is 2. The molecule has 2 rings (SSSR count). The molecule has 0 unspecified atom stereocenters. The van der Waals surface area contributed by atoms with Gasteiger partial charge in [0, 0.05) is 5.69 Å². The van der Waals surface area contributed by atoms with Crippen molar-refractivity contribution in [1.82, 2.24) is 0 Å². The summed E-state index contributed by atoms with van der Waals surface area (Å²) in [7, 11) is 0. The smallest absolute Gasteiger partial charge is 0.228 e. The molecule has 0 saturated carbocycles. The van der Waals surface area contributed by atoms with Crippen LogP contribution in [-0.4, -0.2) is 5.91 Å². The third-order valence-corrected chi connectivity index (χ3v) is 3.23. The summed E-state index contributed by atoms with van der Waals surface area (Å²) in [6.07, 6.45) is 1.39. The van der Waals surface area contributed by atoms with Gasteiger partial charge in [-0.25, -0.2) is 0 Å². The zero-order chi connectivity index (χ0) is 13.7. The molecule has 2 aromatic rings. The van der Waals surface area contributed by atoms with E-state index in [0.29, 0.717) is 6.42 Å². The Labute approximate surface area is 114 Å². The number of carbonyl (C=O) groups excluding carboxylic acids is 1. The molecule has 2 nitrogen and oxygen atoms in total. The molecule has 98 valence electrons. The first-order valence-electron chi connectivity index (χ1n) is 6.62. The second-order valence-corrected chi connectivity index (χ2v) is 4.71. The topological polar surface area (TPSA) is 29.1 Å². The molecular weight excluding hydrogens is 234 g/mol. The van der Waals surface area contributed by atoms with Crippen molar-refractivity contribution >= 4 is 11.6 Å². The Morgan fingerprint density at radius 2 is 1.89 bits per heavy atom. The first kappa shape index (κ1) is 13.3. The van der Waals surface area contributed by atoms with Crippen LogP contribution in [0, 0.1) is 6.92 Å². The Balaban J connectivity index is 2.03. The molecule has 0 spiro atoms. The highest BCUT2D eigenvalue weighted by molar-refractivity contribution is 5.92. The van der Waals surface area contributed by atoms with E-state index in [0.717, 1.165) is 23.2 Å². The van der Waals surface area contributed by atoms with Crippen LogP contribution in [0.3, 0.4) is 0 Å². The van der Waals surface area contributed by atoms with Crippen LogP contribution >= 0.6 is 0 Å². The Kier molecular flexibility index (Phi) is 4.35. The average Bonchev–Trinajstić information content (AvgIpc) is 2.41. The van der Waals surface area contributed by atoms with Crippen LogP contribution in [0.1, 0.15) is 23.6 Å². The number of amides is 1. The molecule has 2 heteroatoms. The Morgan fingerprint density at radius 3 is 2.63 bits per heavy atom. The molecule has 0 aliphatic rings. The largest absolute Gasteiger partial charge is 0.326 e. The molecule has 0 atom stereocenters. The molecule has 0 radical (unpaired) electrons. The van der Waals surface area contributed by atoms with Gasteiger partial charge in [0.05, 0.1) is 6.42 Å². The number of rotatable bonds is 4. The molecule has 1 amide bonds. The van der Waals surface area contributed by atoms with E-state index < -0.39 is 0 Å². The van der Waals surface area contributed by atoms with Crippen molar-refractivity contribution in [1.29, 1.82) is 0 Å². The minimum Gasteiger partial charge on any atom is -0.326 e. The van der Waals surface area contributed by atoms with Gasteiger partial charge >= 0.3 is 0 Å². The fourth-order valence-corrected chi connectivity index (χ4v) is 2.06. The fraction of sp³-hybridized carbons (Fsp3) is 0.235. The summed E-state index contributed by atoms with van der Waals surface area (Å²) in [6.45, 7) is 4.13. The van der Waals surface area contributed by atoms with Gasteiger partial charge in [-0.3, -0.25) is 4.79 Å². The zero-order valence-corrected chi connectivity index (χ0v) is 11.4. The lowest BCUT2D eigenvalue weighted by atomic mass is 10.1. The highest BCUT2D eigenvalue weighted by atomic mass is 16.1. The maximum Gasteiger partial charge on any atom is 0.228 e. The molecular formula is C17H19NO. The van der Waals surface area contributed by atoms with E-state index >= 15 is 0 Å². The summed E-state index contributed by atoms with van der Waals surface area (Å²) in [5, 5.41) is 2.95. The molecule has 0 aromatic heterocycles. The summed E-state index contributed by atoms with van der Waals surface area (Å²) in [5.74, 6) is 0.0301. The predicted molar refractivity (Wildman–Crippen MR) is 79.3 cm³/mol. The van der Waals surface area contributed by atoms with Crippen LogP contribution in [0.5, 0.6) is 0 Å². The number of anilines is 1. The minimum atomic E-state index is 0.0301. The number of carbonyl (C=O) groups is 1. The molecule has 1 N–H and O–H groups in total. The van der Waals surface area contributed by atoms with Gasteiger partial charge in [0.1, 0.15) is 0 Å². The number of hydrogen-bond donors (Lipinski definition) is 1. The fourth-order valence-electron chi connectivity index (χ4n) is 2.06. The lowest BCUT2D eigenvalue weighted by molar-refractivity contribution is -0.115. The van der Waals surface area contributed by atoms with Crippen molar-refractivity contribution in [3.8, 4) is 0 Å². The zero-order valence-electron chi connectivity index (χ0n) is 11.4. The molecule has 0 aliphatic carbocycles. The van der Waals surface area contributed by atoms with Crippen molar-refractivity contribution < 1.29 is 4.79 Å². The molecule has 19 heavy (non-hydrogen) atoms. The second-order valence-electron chi connectivity index (χ2n) is 4.71. The van der Waals surface area contributed by atoms with Gasteiger partial charge < -0.3 is 5.32 Å². The van der Waals surface area contributed by atoms with Gasteiger partial charge in [0.15, 0.2) is 0 Å². The molecule has 0 fully saturated rings. The van der Waals surface area contributed by atoms with E-state index in [9.17, 15) is 4.79 Å². The van der Waals surface area contributed by atoms with Crippen molar-refractivity contribution in [2.75, 3.05) is 5.32 Å². The number of aryl methyl sites for hydroxylation is 2. The SMILES string of the molecule is CCc1cccc(NC(=O)Cc2ccccc2C)c1. The molecule has 0 saturated heterocycles. The summed E-state index contributed by atoms with van der Waals surface area (Å²) >= 11 is 0. The molecule has 0 bridgehead atoms. The van der Waals surface area contributed by atoms with Crippen LogP contribution < -0.4 is 5.32 Å². The first-order chi connectivity index (χ1) is 9.19. The number of hydrogen-bond acceptors (Lipinski definition) is 1. The first-order valence-corrected chi connectivity index (χ1v) is 6.62. The third kappa shape index (κ3) is 3.68. The Hall–Kier alpha value is -2.09. The Morgan fingerprint density at radius 1 is 1.11 bits per heavy atom. The van der Waals surface area contributed by atoms with Crippen LogP contribution in [0.2, 0.25) is 0 Å². The minimum absolute atomic E-state index is 0.0301. The molecule has 2 aromatic carbocycles. The summed E-state index contributed by atoms with van der Waals surface area (Å²) < 4.78 is 0. The van der Waals surface area contributed by atoms with Crippen molar-refractivity contribution in [2.24, 2.45) is 0 Å². The summed E-state index contributed by atoms with van der Waals surface area (Å²) in [6, 6.07) is 16.0. The summed E-state index contributed by atoms with van der Waals surface area (Å²) in [4.78, 5) is 12.0. The lowest BCUT2D eigenvalue weighted by Crippen LogP contribution is -2.15. The van der Waals surface area contributed by atoms with E-state index in [4.69, 9.17) is 0 Å². The van der Waals surface area contributed by atoms with Gasteiger partial charge in [-0.1, -0.05) is 43.3 Å². The van der Waals surface area contributed by atoms with Gasteiger partial charge in [-0.2, -0.15) is 0 Å². The third-order valence-electron chi connectivity index (χ3n) is 3.23. The molecule has 0 aliphatic heterocycles. The van der Waals surface area contributed by atoms with Gasteiger partial charge in [0.2, 0.25) is 5.91 Å². The van der Waals surface area contributed by atoms with E-state index in [1.165, 1.54) is 5.56 Å². The van der Waals surface area contributed by atoms with Crippen molar-refractivity contribution in [2.45, 2.75) is 26.7 Å².